The molecule has 13 nitrogen and oxygen atoms in total. The summed E-state index contributed by atoms with van der Waals surface area (Å²) in [4.78, 5) is 12.7. The SMILES string of the molecule is COc1ccc(/C=C/C(=O)O[C@H]2[C@@H]3C=CO[C@@H](O[C@@H]4O[C@H](CO)[C@@H](O)[C@H](O)[C@H]4O)[C@@H]3[C@@]3(CO)O[C@@H]23)cc1O. The van der Waals surface area contributed by atoms with Crippen molar-refractivity contribution in [3.8, 4) is 11.5 Å². The molecule has 0 spiro atoms. The van der Waals surface area contributed by atoms with Gasteiger partial charge >= 0.3 is 5.97 Å². The van der Waals surface area contributed by atoms with Gasteiger partial charge in [0.2, 0.25) is 6.29 Å². The van der Waals surface area contributed by atoms with Crippen LogP contribution in [0.4, 0.5) is 0 Å². The number of epoxide rings is 1. The Hall–Kier alpha value is -2.75. The molecule has 13 heteroatoms. The molecule has 0 bridgehead atoms. The predicted molar refractivity (Wildman–Crippen MR) is 124 cm³/mol. The summed E-state index contributed by atoms with van der Waals surface area (Å²) in [7, 11) is 1.42. The van der Waals surface area contributed by atoms with Crippen molar-refractivity contribution in [3.63, 3.8) is 0 Å². The van der Waals surface area contributed by atoms with Crippen LogP contribution in [-0.2, 0) is 28.5 Å². The van der Waals surface area contributed by atoms with Gasteiger partial charge in [-0.15, -0.1) is 0 Å². The second kappa shape index (κ2) is 10.4. The summed E-state index contributed by atoms with van der Waals surface area (Å²) in [5.74, 6) is -1.65. The van der Waals surface area contributed by atoms with Crippen LogP contribution in [-0.4, -0.2) is 112 Å². The number of benzene rings is 1. The average Bonchev–Trinajstić information content (AvgIpc) is 3.59. The van der Waals surface area contributed by atoms with Crippen LogP contribution in [0.2, 0.25) is 0 Å². The van der Waals surface area contributed by atoms with Crippen LogP contribution in [0, 0.1) is 11.8 Å². The maximum atomic E-state index is 12.7. The monoisotopic (exact) mass is 538 g/mol. The second-order valence-electron chi connectivity index (χ2n) is 9.59. The van der Waals surface area contributed by atoms with Gasteiger partial charge < -0.3 is 59.1 Å². The van der Waals surface area contributed by atoms with Crippen LogP contribution in [0.15, 0.2) is 36.6 Å². The molecule has 38 heavy (non-hydrogen) atoms. The first-order chi connectivity index (χ1) is 18.2. The van der Waals surface area contributed by atoms with Crippen LogP contribution < -0.4 is 4.74 Å². The summed E-state index contributed by atoms with van der Waals surface area (Å²) in [6, 6.07) is 4.63. The number of ether oxygens (including phenoxy) is 6. The van der Waals surface area contributed by atoms with Crippen molar-refractivity contribution in [2.24, 2.45) is 11.8 Å². The molecule has 11 atom stereocenters. The summed E-state index contributed by atoms with van der Waals surface area (Å²) in [5, 5.41) is 60.0. The van der Waals surface area contributed by atoms with Crippen molar-refractivity contribution in [1.29, 1.82) is 0 Å². The molecule has 1 aromatic rings. The highest BCUT2D eigenvalue weighted by Gasteiger charge is 2.77. The van der Waals surface area contributed by atoms with Gasteiger partial charge in [0.25, 0.3) is 0 Å². The van der Waals surface area contributed by atoms with Gasteiger partial charge in [0.1, 0.15) is 42.2 Å². The van der Waals surface area contributed by atoms with E-state index in [0.29, 0.717) is 11.3 Å². The quantitative estimate of drug-likeness (QED) is 0.126. The van der Waals surface area contributed by atoms with Crippen molar-refractivity contribution in [2.45, 2.75) is 54.8 Å². The number of aliphatic hydroxyl groups is 5. The minimum Gasteiger partial charge on any atom is -0.504 e. The molecule has 6 N–H and O–H groups in total. The van der Waals surface area contributed by atoms with Crippen LogP contribution in [0.3, 0.4) is 0 Å². The molecule has 208 valence electrons. The fourth-order valence-electron chi connectivity index (χ4n) is 5.44. The Morgan fingerprint density at radius 1 is 1.13 bits per heavy atom. The first-order valence-corrected chi connectivity index (χ1v) is 12.1. The molecule has 0 unspecified atom stereocenters. The standard InChI is InChI=1S/C25H30O13/c1-33-14-4-2-11(8-13(14)28)3-5-16(29)36-21-12-6-7-34-23(17(12)25(10-27)22(21)38-25)37-24-20(32)19(31)18(30)15(9-26)35-24/h2-8,12,15,17-24,26-28,30-32H,9-10H2,1H3/b5-3+/t12-,15-,17-,18-,19+,20-,21+,22+,23+,24+,25-/m1/s1. The molecular formula is C25H30O13. The lowest BCUT2D eigenvalue weighted by Crippen LogP contribution is -2.60. The maximum Gasteiger partial charge on any atom is 0.331 e. The molecule has 2 saturated heterocycles. The Balaban J connectivity index is 1.29. The first-order valence-electron chi connectivity index (χ1n) is 12.1. The Labute approximate surface area is 217 Å². The van der Waals surface area contributed by atoms with Crippen LogP contribution >= 0.6 is 0 Å². The molecule has 1 aliphatic carbocycles. The van der Waals surface area contributed by atoms with E-state index >= 15 is 0 Å². The highest BCUT2D eigenvalue weighted by atomic mass is 16.8. The third-order valence-corrected chi connectivity index (χ3v) is 7.46. The van der Waals surface area contributed by atoms with Crippen LogP contribution in [0.1, 0.15) is 5.56 Å². The number of fused-ring (bicyclic) bond motifs is 3. The lowest BCUT2D eigenvalue weighted by Gasteiger charge is -2.43. The number of carbonyl (C=O) groups excluding carboxylic acids is 1. The number of aliphatic hydroxyl groups excluding tert-OH is 5. The smallest absolute Gasteiger partial charge is 0.331 e. The van der Waals surface area contributed by atoms with Crippen molar-refractivity contribution in [1.82, 2.24) is 0 Å². The molecule has 0 aromatic heterocycles. The third-order valence-electron chi connectivity index (χ3n) is 7.46. The molecule has 0 amide bonds. The minimum absolute atomic E-state index is 0.0847. The zero-order chi connectivity index (χ0) is 27.2. The van der Waals surface area contributed by atoms with Gasteiger partial charge in [0.15, 0.2) is 17.8 Å². The molecule has 0 radical (unpaired) electrons. The van der Waals surface area contributed by atoms with Gasteiger partial charge in [-0.25, -0.2) is 4.79 Å². The van der Waals surface area contributed by atoms with Crippen molar-refractivity contribution < 1.29 is 63.9 Å². The number of hydrogen-bond acceptors (Lipinski definition) is 13. The number of carbonyl (C=O) groups is 1. The van der Waals surface area contributed by atoms with E-state index in [9.17, 15) is 35.4 Å². The number of hydrogen-bond donors (Lipinski definition) is 6. The molecular weight excluding hydrogens is 508 g/mol. The van der Waals surface area contributed by atoms with Crippen molar-refractivity contribution in [3.05, 3.63) is 42.2 Å². The molecule has 1 aromatic carbocycles. The first kappa shape index (κ1) is 26.8. The van der Waals surface area contributed by atoms with E-state index < -0.39 is 85.8 Å². The van der Waals surface area contributed by atoms with Gasteiger partial charge in [-0.05, 0) is 29.8 Å². The Bertz CT molecular complexity index is 1090. The van der Waals surface area contributed by atoms with E-state index in [2.05, 4.69) is 0 Å². The Kier molecular flexibility index (Phi) is 7.37. The number of phenols is 1. The number of aromatic hydroxyl groups is 1. The fourth-order valence-corrected chi connectivity index (χ4v) is 5.44. The van der Waals surface area contributed by atoms with Crippen LogP contribution in [0.5, 0.6) is 11.5 Å². The highest BCUT2D eigenvalue weighted by molar-refractivity contribution is 5.87. The summed E-state index contributed by atoms with van der Waals surface area (Å²) in [6.45, 7) is -1.06. The van der Waals surface area contributed by atoms with Gasteiger partial charge in [0, 0.05) is 12.0 Å². The molecule has 3 heterocycles. The summed E-state index contributed by atoms with van der Waals surface area (Å²) >= 11 is 0. The van der Waals surface area contributed by atoms with Gasteiger partial charge in [-0.3, -0.25) is 0 Å². The fraction of sp³-hybridized carbons (Fsp3) is 0.560. The van der Waals surface area contributed by atoms with E-state index in [1.807, 2.05) is 0 Å². The van der Waals surface area contributed by atoms with Gasteiger partial charge in [-0.1, -0.05) is 6.07 Å². The number of phenolic OH excluding ortho intramolecular Hbond substituents is 1. The summed E-state index contributed by atoms with van der Waals surface area (Å²) in [5.41, 5.74) is -0.610. The van der Waals surface area contributed by atoms with E-state index in [-0.39, 0.29) is 5.75 Å². The zero-order valence-electron chi connectivity index (χ0n) is 20.3. The Morgan fingerprint density at radius 3 is 2.61 bits per heavy atom. The van der Waals surface area contributed by atoms with E-state index in [1.54, 1.807) is 18.2 Å². The normalized spacial score (nSPS) is 41.3. The van der Waals surface area contributed by atoms with Crippen molar-refractivity contribution >= 4 is 12.0 Å². The van der Waals surface area contributed by atoms with E-state index in [1.165, 1.54) is 31.6 Å². The van der Waals surface area contributed by atoms with Gasteiger partial charge in [0.05, 0.1) is 32.5 Å². The third kappa shape index (κ3) is 4.54. The predicted octanol–water partition coefficient (Wildman–Crippen LogP) is -1.61. The highest BCUT2D eigenvalue weighted by Crippen LogP contribution is 2.60. The molecule has 3 fully saturated rings. The van der Waals surface area contributed by atoms with Gasteiger partial charge in [-0.2, -0.15) is 0 Å². The second-order valence-corrected chi connectivity index (χ2v) is 9.59. The number of esters is 1. The topological polar surface area (TPSA) is 197 Å². The lowest BCUT2D eigenvalue weighted by molar-refractivity contribution is -0.344. The average molecular weight is 539 g/mol. The minimum atomic E-state index is -1.65. The summed E-state index contributed by atoms with van der Waals surface area (Å²) < 4.78 is 33.3. The lowest BCUT2D eigenvalue weighted by atomic mass is 9.85. The van der Waals surface area contributed by atoms with Crippen molar-refractivity contribution in [2.75, 3.05) is 20.3 Å². The maximum absolute atomic E-state index is 12.7. The molecule has 5 rings (SSSR count). The zero-order valence-corrected chi connectivity index (χ0v) is 20.3. The summed E-state index contributed by atoms with van der Waals surface area (Å²) in [6.07, 6.45) is -4.45. The largest absolute Gasteiger partial charge is 0.504 e. The van der Waals surface area contributed by atoms with E-state index in [4.69, 9.17) is 28.4 Å². The van der Waals surface area contributed by atoms with Crippen LogP contribution in [0.25, 0.3) is 6.08 Å². The molecule has 3 aliphatic heterocycles. The number of rotatable bonds is 8. The number of methoxy groups -OCH3 is 1. The Morgan fingerprint density at radius 2 is 1.92 bits per heavy atom. The molecule has 4 aliphatic rings. The van der Waals surface area contributed by atoms with E-state index in [0.717, 1.165) is 0 Å². The molecule has 1 saturated carbocycles.